The zero-order valence-corrected chi connectivity index (χ0v) is 24.0. The van der Waals surface area contributed by atoms with E-state index in [1.165, 1.54) is 55.7 Å². The van der Waals surface area contributed by atoms with E-state index >= 15 is 0 Å². The molecule has 4 aliphatic rings. The Balaban J connectivity index is 1.77. The van der Waals surface area contributed by atoms with Crippen LogP contribution in [-0.2, 0) is 0 Å². The molecule has 4 aliphatic carbocycles. The van der Waals surface area contributed by atoms with Crippen molar-refractivity contribution >= 4 is 11.1 Å². The molecule has 6 rings (SSSR count). The molecule has 192 valence electrons. The van der Waals surface area contributed by atoms with Crippen LogP contribution in [0.5, 0.6) is 0 Å². The van der Waals surface area contributed by atoms with Gasteiger partial charge in [0, 0.05) is 35.6 Å². The molecule has 0 N–H and O–H groups in total. The van der Waals surface area contributed by atoms with Gasteiger partial charge >= 0.3 is 0 Å². The lowest BCUT2D eigenvalue weighted by Gasteiger charge is -2.59. The fourth-order valence-electron chi connectivity index (χ4n) is 6.67. The van der Waals surface area contributed by atoms with Crippen LogP contribution >= 0.6 is 0 Å². The van der Waals surface area contributed by atoms with Crippen LogP contribution in [0.4, 0.5) is 0 Å². The first-order valence-corrected chi connectivity index (χ1v) is 13.7. The van der Waals surface area contributed by atoms with Crippen molar-refractivity contribution in [3.63, 3.8) is 0 Å². The molecule has 0 radical (unpaired) electrons. The van der Waals surface area contributed by atoms with Gasteiger partial charge in [-0.2, -0.15) is 0 Å². The lowest BCUT2D eigenvalue weighted by atomic mass is 9.43. The highest BCUT2D eigenvalue weighted by atomic mass is 14.6. The Morgan fingerprint density at radius 2 is 1.08 bits per heavy atom. The molecule has 2 heteroatoms. The van der Waals surface area contributed by atoms with Gasteiger partial charge in [0.05, 0.1) is 0 Å². The van der Waals surface area contributed by atoms with Crippen LogP contribution in [0.2, 0.25) is 0 Å². The Kier molecular flexibility index (Phi) is 5.21. The minimum atomic E-state index is -0.216. The first-order chi connectivity index (χ1) is 17.8. The van der Waals surface area contributed by atoms with E-state index in [9.17, 15) is 0 Å². The smallest absolute Gasteiger partial charge is 0.0316 e. The Hall–Kier alpha value is -3.52. The lowest BCUT2D eigenvalue weighted by Crippen LogP contribution is -2.49. The third kappa shape index (κ3) is 3.39. The molecule has 2 unspecified atom stereocenters. The number of aromatic nitrogens is 2. The predicted octanol–water partition coefficient (Wildman–Crippen LogP) is 9.11. The van der Waals surface area contributed by atoms with E-state index in [0.29, 0.717) is 0 Å². The van der Waals surface area contributed by atoms with E-state index in [2.05, 4.69) is 126 Å². The molecule has 2 aromatic heterocycles. The van der Waals surface area contributed by atoms with E-state index in [1.54, 1.807) is 0 Å². The molecule has 0 saturated carbocycles. The Labute approximate surface area is 228 Å². The summed E-state index contributed by atoms with van der Waals surface area (Å²) in [6.07, 6.45) is 22.5. The largest absolute Gasteiger partial charge is 0.265 e. The van der Waals surface area contributed by atoms with E-state index in [1.807, 2.05) is 24.8 Å². The zero-order chi connectivity index (χ0) is 27.1. The Bertz CT molecular complexity index is 1560. The number of hydrogen-bond acceptors (Lipinski definition) is 2. The van der Waals surface area contributed by atoms with Gasteiger partial charge in [0.15, 0.2) is 0 Å². The molecule has 2 aromatic rings. The van der Waals surface area contributed by atoms with Crippen molar-refractivity contribution in [3.05, 3.63) is 130 Å². The summed E-state index contributed by atoms with van der Waals surface area (Å²) in [5.74, 6) is 0. The molecule has 2 heterocycles. The molecule has 2 nitrogen and oxygen atoms in total. The topological polar surface area (TPSA) is 25.8 Å². The van der Waals surface area contributed by atoms with Gasteiger partial charge in [-0.05, 0) is 103 Å². The highest BCUT2D eigenvalue weighted by Gasteiger charge is 2.59. The van der Waals surface area contributed by atoms with Crippen LogP contribution in [0.15, 0.2) is 119 Å². The average Bonchev–Trinajstić information content (AvgIpc) is 2.86. The minimum Gasteiger partial charge on any atom is -0.265 e. The average molecular weight is 499 g/mol. The number of rotatable bonds is 2. The number of hydrogen-bond donors (Lipinski definition) is 0. The highest BCUT2D eigenvalue weighted by Crippen LogP contribution is 2.70. The van der Waals surface area contributed by atoms with Gasteiger partial charge in [0.1, 0.15) is 0 Å². The highest BCUT2D eigenvalue weighted by molar-refractivity contribution is 5.94. The summed E-state index contributed by atoms with van der Waals surface area (Å²) in [6.45, 7) is 18.9. The molecular weight excluding hydrogens is 460 g/mol. The molecule has 0 fully saturated rings. The van der Waals surface area contributed by atoms with Crippen molar-refractivity contribution in [2.24, 2.45) is 21.7 Å². The zero-order valence-electron chi connectivity index (χ0n) is 24.0. The van der Waals surface area contributed by atoms with Crippen molar-refractivity contribution in [3.8, 4) is 0 Å². The molecule has 0 bridgehead atoms. The van der Waals surface area contributed by atoms with E-state index in [4.69, 9.17) is 0 Å². The van der Waals surface area contributed by atoms with Crippen LogP contribution in [0.25, 0.3) is 11.1 Å². The van der Waals surface area contributed by atoms with E-state index in [-0.39, 0.29) is 21.7 Å². The summed E-state index contributed by atoms with van der Waals surface area (Å²) in [7, 11) is 0. The summed E-state index contributed by atoms with van der Waals surface area (Å²) in [5.41, 5.74) is 13.0. The van der Waals surface area contributed by atoms with Gasteiger partial charge in [-0.15, -0.1) is 0 Å². The van der Waals surface area contributed by atoms with Crippen LogP contribution in [0.3, 0.4) is 0 Å². The second kappa shape index (κ2) is 7.99. The van der Waals surface area contributed by atoms with E-state index in [0.717, 1.165) is 0 Å². The summed E-state index contributed by atoms with van der Waals surface area (Å²) >= 11 is 0. The van der Waals surface area contributed by atoms with Crippen molar-refractivity contribution in [2.75, 3.05) is 0 Å². The van der Waals surface area contributed by atoms with Crippen LogP contribution < -0.4 is 0 Å². The van der Waals surface area contributed by atoms with Gasteiger partial charge < -0.3 is 0 Å². The first kappa shape index (κ1) is 24.8. The third-order valence-corrected chi connectivity index (χ3v) is 9.35. The number of allylic oxidation sites excluding steroid dienone is 14. The summed E-state index contributed by atoms with van der Waals surface area (Å²) in [6, 6.07) is 8.62. The van der Waals surface area contributed by atoms with Crippen LogP contribution in [0.1, 0.15) is 66.5 Å². The van der Waals surface area contributed by atoms with Crippen LogP contribution in [-0.4, -0.2) is 9.97 Å². The molecule has 2 atom stereocenters. The van der Waals surface area contributed by atoms with Crippen molar-refractivity contribution in [1.82, 2.24) is 9.97 Å². The summed E-state index contributed by atoms with van der Waals surface area (Å²) in [4.78, 5) is 8.66. The van der Waals surface area contributed by atoms with Gasteiger partial charge in [0.25, 0.3) is 0 Å². The molecule has 0 amide bonds. The minimum absolute atomic E-state index is 0.0300. The van der Waals surface area contributed by atoms with Gasteiger partial charge in [-0.3, -0.25) is 9.97 Å². The third-order valence-electron chi connectivity index (χ3n) is 9.35. The summed E-state index contributed by atoms with van der Waals surface area (Å²) < 4.78 is 0. The monoisotopic (exact) mass is 498 g/mol. The molecule has 38 heavy (non-hydrogen) atoms. The Morgan fingerprint density at radius 1 is 0.553 bits per heavy atom. The van der Waals surface area contributed by atoms with Crippen molar-refractivity contribution < 1.29 is 0 Å². The quantitative estimate of drug-likeness (QED) is 0.412. The van der Waals surface area contributed by atoms with Gasteiger partial charge in [-0.25, -0.2) is 0 Å². The van der Waals surface area contributed by atoms with Crippen LogP contribution in [0, 0.1) is 21.7 Å². The van der Waals surface area contributed by atoms with Crippen molar-refractivity contribution in [2.45, 2.75) is 55.4 Å². The maximum absolute atomic E-state index is 4.33. The van der Waals surface area contributed by atoms with Gasteiger partial charge in [-0.1, -0.05) is 79.7 Å². The first-order valence-electron chi connectivity index (χ1n) is 13.7. The normalized spacial score (nSPS) is 26.4. The summed E-state index contributed by atoms with van der Waals surface area (Å²) in [5, 5.41) is 0. The standard InChI is InChI=1S/C36H38N2/c1-33(2,3)25-17-27-19-30(24-11-15-38-16-12-24)32-22-26(34(4,5)6)18-28-20-29(23-9-13-37-14-10-23)31(21-25)35(27,7)36(28,32)8/h9-22H,1-8H3. The lowest BCUT2D eigenvalue weighted by molar-refractivity contribution is 0.249. The second-order valence-electron chi connectivity index (χ2n) is 13.6. The van der Waals surface area contributed by atoms with Gasteiger partial charge in [0.2, 0.25) is 0 Å². The maximum Gasteiger partial charge on any atom is 0.0316 e. The predicted molar refractivity (Wildman–Crippen MR) is 159 cm³/mol. The van der Waals surface area contributed by atoms with Crippen molar-refractivity contribution in [1.29, 1.82) is 0 Å². The molecular formula is C36H38N2. The fraction of sp³-hybridized carbons (Fsp3) is 0.333. The number of pyridine rings is 2. The molecule has 0 saturated heterocycles. The van der Waals surface area contributed by atoms with E-state index < -0.39 is 0 Å². The SMILES string of the molecule is CC(C)(C)C1=CC2=CC(c3ccncc3)=C3C=C(C(C)(C)C)C=C4C=C(c5ccncc5)C(=C1)C2(C)C43C. The Morgan fingerprint density at radius 3 is 1.66 bits per heavy atom. The maximum atomic E-state index is 4.33. The number of nitrogens with zero attached hydrogens (tertiary/aromatic N) is 2. The fourth-order valence-corrected chi connectivity index (χ4v) is 6.67. The second-order valence-corrected chi connectivity index (χ2v) is 13.6. The molecule has 0 aliphatic heterocycles. The molecule has 0 aromatic carbocycles. The molecule has 0 spiro atoms.